The summed E-state index contributed by atoms with van der Waals surface area (Å²) in [6.45, 7) is 1.19. The van der Waals surface area contributed by atoms with Crippen LogP contribution in [0.5, 0.6) is 0 Å². The van der Waals surface area contributed by atoms with Crippen molar-refractivity contribution in [3.05, 3.63) is 51.2 Å². The van der Waals surface area contributed by atoms with Gasteiger partial charge in [0, 0.05) is 25.8 Å². The Labute approximate surface area is 167 Å². The normalized spacial score (nSPS) is 16.6. The fraction of sp³-hybridized carbons (Fsp3) is 0.400. The van der Waals surface area contributed by atoms with Gasteiger partial charge in [-0.3, -0.25) is 9.69 Å². The van der Waals surface area contributed by atoms with Crippen LogP contribution in [0.25, 0.3) is 0 Å². The highest BCUT2D eigenvalue weighted by Gasteiger charge is 2.32. The summed E-state index contributed by atoms with van der Waals surface area (Å²) in [6, 6.07) is 11.4. The van der Waals surface area contributed by atoms with Gasteiger partial charge in [-0.1, -0.05) is 23.7 Å². The van der Waals surface area contributed by atoms with Crippen molar-refractivity contribution in [2.24, 2.45) is 0 Å². The molecule has 3 rings (SSSR count). The van der Waals surface area contributed by atoms with Crippen LogP contribution in [-0.4, -0.2) is 38.2 Å². The molecule has 1 aromatic heterocycles. The number of carbonyl (C=O) groups excluding carboxylic acids is 2. The van der Waals surface area contributed by atoms with E-state index >= 15 is 0 Å². The van der Waals surface area contributed by atoms with Crippen molar-refractivity contribution in [3.63, 3.8) is 0 Å². The molecule has 2 heterocycles. The first-order valence-electron chi connectivity index (χ1n) is 8.91. The molecule has 0 saturated carbocycles. The molecule has 0 aliphatic carbocycles. The van der Waals surface area contributed by atoms with Crippen molar-refractivity contribution >= 4 is 40.5 Å². The predicted molar refractivity (Wildman–Crippen MR) is 107 cm³/mol. The fourth-order valence-electron chi connectivity index (χ4n) is 3.03. The zero-order valence-corrected chi connectivity index (χ0v) is 16.7. The van der Waals surface area contributed by atoms with Crippen LogP contribution in [0.15, 0.2) is 36.4 Å². The highest BCUT2D eigenvalue weighted by atomic mass is 35.5. The number of aryl methyl sites for hydroxylation is 1. The fourth-order valence-corrected chi connectivity index (χ4v) is 4.04. The predicted octanol–water partition coefficient (Wildman–Crippen LogP) is 4.97. The second-order valence-corrected chi connectivity index (χ2v) is 8.16. The molecule has 0 unspecified atom stereocenters. The molecule has 1 fully saturated rings. The van der Waals surface area contributed by atoms with Gasteiger partial charge >= 0.3 is 6.09 Å². The number of hydrogen-bond acceptors (Lipinski definition) is 5. The monoisotopic (exact) mass is 407 g/mol. The standard InChI is InChI=1S/C20H22ClNO4S/c1-25-12-2-3-14-4-6-15(7-5-14)22-13-16(26-20(22)24)8-9-17(23)18-10-11-19(21)27-18/h4-7,10-11,16H,2-3,8-9,12-13H2,1H3/t16-/m0/s1. The quantitative estimate of drug-likeness (QED) is 0.435. The molecule has 1 amide bonds. The molecule has 0 N–H and O–H groups in total. The highest BCUT2D eigenvalue weighted by Crippen LogP contribution is 2.26. The maximum Gasteiger partial charge on any atom is 0.414 e. The number of hydrogen-bond donors (Lipinski definition) is 0. The van der Waals surface area contributed by atoms with Gasteiger partial charge in [0.1, 0.15) is 6.10 Å². The molecule has 5 nitrogen and oxygen atoms in total. The Morgan fingerprint density at radius 1 is 1.30 bits per heavy atom. The first-order valence-corrected chi connectivity index (χ1v) is 10.1. The Hall–Kier alpha value is -1.89. The van der Waals surface area contributed by atoms with E-state index in [0.29, 0.717) is 28.6 Å². The summed E-state index contributed by atoms with van der Waals surface area (Å²) in [5, 5.41) is 0. The summed E-state index contributed by atoms with van der Waals surface area (Å²) >= 11 is 7.14. The molecule has 7 heteroatoms. The minimum atomic E-state index is -0.362. The molecule has 2 aromatic rings. The van der Waals surface area contributed by atoms with Crippen LogP contribution < -0.4 is 4.90 Å². The Balaban J connectivity index is 1.51. The molecule has 1 saturated heterocycles. The highest BCUT2D eigenvalue weighted by molar-refractivity contribution is 7.18. The number of Topliss-reactive ketones (excluding diaryl/α,β-unsaturated/α-hetero) is 1. The van der Waals surface area contributed by atoms with E-state index in [1.165, 1.54) is 16.9 Å². The second-order valence-electron chi connectivity index (χ2n) is 6.44. The smallest absolute Gasteiger partial charge is 0.414 e. The first kappa shape index (κ1) is 19.9. The number of halogens is 1. The minimum absolute atomic E-state index is 0.0295. The number of anilines is 1. The number of cyclic esters (lactones) is 1. The van der Waals surface area contributed by atoms with Gasteiger partial charge in [0.25, 0.3) is 0 Å². The number of benzene rings is 1. The number of methoxy groups -OCH3 is 1. The number of amides is 1. The number of ether oxygens (including phenoxy) is 2. The zero-order chi connectivity index (χ0) is 19.2. The molecule has 1 aliphatic rings. The molecule has 144 valence electrons. The number of carbonyl (C=O) groups is 2. The molecule has 0 radical (unpaired) electrons. The average molecular weight is 408 g/mol. The summed E-state index contributed by atoms with van der Waals surface area (Å²) in [4.78, 5) is 26.6. The van der Waals surface area contributed by atoms with Gasteiger partial charge in [-0.25, -0.2) is 4.79 Å². The van der Waals surface area contributed by atoms with Crippen molar-refractivity contribution in [2.75, 3.05) is 25.2 Å². The van der Waals surface area contributed by atoms with E-state index < -0.39 is 0 Å². The SMILES string of the molecule is COCCCc1ccc(N2C[C@H](CCC(=O)c3ccc(Cl)s3)OC2=O)cc1. The third kappa shape index (κ3) is 5.31. The summed E-state index contributed by atoms with van der Waals surface area (Å²) in [5.41, 5.74) is 2.02. The van der Waals surface area contributed by atoms with E-state index in [2.05, 4.69) is 0 Å². The number of ketones is 1. The van der Waals surface area contributed by atoms with Gasteiger partial charge in [0.2, 0.25) is 0 Å². The minimum Gasteiger partial charge on any atom is -0.444 e. The van der Waals surface area contributed by atoms with Crippen LogP contribution in [0.2, 0.25) is 4.34 Å². The maximum atomic E-state index is 12.2. The summed E-state index contributed by atoms with van der Waals surface area (Å²) in [7, 11) is 1.70. The van der Waals surface area contributed by atoms with Crippen molar-refractivity contribution in [3.8, 4) is 0 Å². The van der Waals surface area contributed by atoms with Crippen molar-refractivity contribution in [2.45, 2.75) is 31.8 Å². The topological polar surface area (TPSA) is 55.8 Å². The van der Waals surface area contributed by atoms with Crippen LogP contribution in [0.3, 0.4) is 0 Å². The van der Waals surface area contributed by atoms with Crippen LogP contribution in [-0.2, 0) is 15.9 Å². The van der Waals surface area contributed by atoms with Gasteiger partial charge in [-0.15, -0.1) is 11.3 Å². The lowest BCUT2D eigenvalue weighted by Crippen LogP contribution is -2.24. The van der Waals surface area contributed by atoms with E-state index in [9.17, 15) is 9.59 Å². The Kier molecular flexibility index (Phi) is 6.88. The van der Waals surface area contributed by atoms with Crippen molar-refractivity contribution in [1.29, 1.82) is 0 Å². The van der Waals surface area contributed by atoms with Crippen LogP contribution in [0.1, 0.15) is 34.5 Å². The molecule has 27 heavy (non-hydrogen) atoms. The Bertz CT molecular complexity index is 790. The van der Waals surface area contributed by atoms with Crippen molar-refractivity contribution in [1.82, 2.24) is 0 Å². The lowest BCUT2D eigenvalue weighted by Gasteiger charge is -2.13. The molecule has 1 aromatic carbocycles. The maximum absolute atomic E-state index is 12.2. The molecular formula is C20H22ClNO4S. The lowest BCUT2D eigenvalue weighted by atomic mass is 10.1. The third-order valence-electron chi connectivity index (χ3n) is 4.48. The van der Waals surface area contributed by atoms with E-state index in [1.54, 1.807) is 24.1 Å². The largest absolute Gasteiger partial charge is 0.444 e. The lowest BCUT2D eigenvalue weighted by molar-refractivity contribution is 0.0943. The number of nitrogens with zero attached hydrogens (tertiary/aromatic N) is 1. The van der Waals surface area contributed by atoms with E-state index in [1.807, 2.05) is 24.3 Å². The number of rotatable bonds is 9. The van der Waals surface area contributed by atoms with Gasteiger partial charge in [0.05, 0.1) is 15.8 Å². The molecule has 0 spiro atoms. The van der Waals surface area contributed by atoms with E-state index in [0.717, 1.165) is 25.1 Å². The van der Waals surface area contributed by atoms with E-state index in [4.69, 9.17) is 21.1 Å². The summed E-state index contributed by atoms with van der Waals surface area (Å²) < 4.78 is 11.1. The van der Waals surface area contributed by atoms with Crippen LogP contribution >= 0.6 is 22.9 Å². The second kappa shape index (κ2) is 9.35. The van der Waals surface area contributed by atoms with Crippen LogP contribution in [0.4, 0.5) is 10.5 Å². The molecule has 0 bridgehead atoms. The van der Waals surface area contributed by atoms with E-state index in [-0.39, 0.29) is 18.0 Å². The number of thiophene rings is 1. The van der Waals surface area contributed by atoms with Gasteiger partial charge < -0.3 is 9.47 Å². The first-order chi connectivity index (χ1) is 13.1. The Morgan fingerprint density at radius 2 is 2.07 bits per heavy atom. The summed E-state index contributed by atoms with van der Waals surface area (Å²) in [5.74, 6) is 0.0295. The Morgan fingerprint density at radius 3 is 2.74 bits per heavy atom. The molecule has 1 atom stereocenters. The van der Waals surface area contributed by atoms with Gasteiger partial charge in [-0.05, 0) is 49.1 Å². The van der Waals surface area contributed by atoms with Gasteiger partial charge in [-0.2, -0.15) is 0 Å². The van der Waals surface area contributed by atoms with Gasteiger partial charge in [0.15, 0.2) is 5.78 Å². The molecular weight excluding hydrogens is 386 g/mol. The third-order valence-corrected chi connectivity index (χ3v) is 5.75. The van der Waals surface area contributed by atoms with Crippen molar-refractivity contribution < 1.29 is 19.1 Å². The van der Waals surface area contributed by atoms with Crippen LogP contribution in [0, 0.1) is 0 Å². The average Bonchev–Trinajstić information content (AvgIpc) is 3.26. The zero-order valence-electron chi connectivity index (χ0n) is 15.2. The summed E-state index contributed by atoms with van der Waals surface area (Å²) in [6.07, 6.45) is 2.10. The molecule has 1 aliphatic heterocycles.